The fourth-order valence-electron chi connectivity index (χ4n) is 2.64. The summed E-state index contributed by atoms with van der Waals surface area (Å²) in [6, 6.07) is 13.8. The molecule has 0 spiro atoms. The molecule has 2 rings (SSSR count). The van der Waals surface area contributed by atoms with Crippen LogP contribution in [0.3, 0.4) is 0 Å². The fraction of sp³-hybridized carbons (Fsp3) is 0.316. The molecule has 0 radical (unpaired) electrons. The van der Waals surface area contributed by atoms with Gasteiger partial charge in [0.2, 0.25) is 10.0 Å². The van der Waals surface area contributed by atoms with Crippen LogP contribution < -0.4 is 14.4 Å². The van der Waals surface area contributed by atoms with Crippen LogP contribution in [0.25, 0.3) is 0 Å². The third kappa shape index (κ3) is 4.76. The molecule has 0 aliphatic carbocycles. The van der Waals surface area contributed by atoms with Gasteiger partial charge in [-0.1, -0.05) is 12.1 Å². The number of carbonyl (C=O) groups excluding carboxylic acids is 1. The Bertz CT molecular complexity index is 846. The molecule has 0 saturated carbocycles. The number of hydrogen-bond acceptors (Lipinski definition) is 4. The van der Waals surface area contributed by atoms with E-state index in [2.05, 4.69) is 5.32 Å². The summed E-state index contributed by atoms with van der Waals surface area (Å²) in [6.07, 6.45) is 1.16. The summed E-state index contributed by atoms with van der Waals surface area (Å²) < 4.78 is 30.0. The van der Waals surface area contributed by atoms with E-state index in [1.807, 2.05) is 31.2 Å². The van der Waals surface area contributed by atoms with E-state index < -0.39 is 10.0 Å². The maximum Gasteiger partial charge on any atom is 0.251 e. The molecule has 26 heavy (non-hydrogen) atoms. The fourth-order valence-corrected chi connectivity index (χ4v) is 3.62. The van der Waals surface area contributed by atoms with Crippen LogP contribution in [0, 0.1) is 0 Å². The van der Waals surface area contributed by atoms with Crippen molar-refractivity contribution < 1.29 is 17.9 Å². The number of nitrogens with zero attached hydrogens (tertiary/aromatic N) is 1. The Morgan fingerprint density at radius 3 is 2.15 bits per heavy atom. The van der Waals surface area contributed by atoms with Gasteiger partial charge < -0.3 is 10.1 Å². The molecule has 0 aromatic heterocycles. The highest BCUT2D eigenvalue weighted by molar-refractivity contribution is 7.92. The molecule has 2 aromatic carbocycles. The van der Waals surface area contributed by atoms with Gasteiger partial charge in [-0.15, -0.1) is 0 Å². The third-order valence-corrected chi connectivity index (χ3v) is 5.34. The van der Waals surface area contributed by atoms with Gasteiger partial charge in [0.1, 0.15) is 5.75 Å². The Morgan fingerprint density at radius 2 is 1.69 bits per heavy atom. The predicted molar refractivity (Wildman–Crippen MR) is 103 cm³/mol. The van der Waals surface area contributed by atoms with Crippen molar-refractivity contribution in [3.8, 4) is 5.75 Å². The number of nitrogens with one attached hydrogen (secondary N) is 1. The number of amides is 1. The Kier molecular flexibility index (Phi) is 6.26. The zero-order valence-electron chi connectivity index (χ0n) is 15.4. The van der Waals surface area contributed by atoms with Gasteiger partial charge in [0, 0.05) is 12.1 Å². The summed E-state index contributed by atoms with van der Waals surface area (Å²) in [6.45, 7) is 3.99. The molecule has 6 nitrogen and oxygen atoms in total. The molecule has 0 heterocycles. The number of hydrogen-bond donors (Lipinski definition) is 1. The van der Waals surface area contributed by atoms with Crippen LogP contribution in [0.1, 0.15) is 35.8 Å². The first-order valence-electron chi connectivity index (χ1n) is 8.29. The average Bonchev–Trinajstić information content (AvgIpc) is 2.61. The minimum absolute atomic E-state index is 0.170. The highest BCUT2D eigenvalue weighted by atomic mass is 32.2. The molecule has 0 saturated heterocycles. The van der Waals surface area contributed by atoms with E-state index in [4.69, 9.17) is 4.74 Å². The minimum Gasteiger partial charge on any atom is -0.497 e. The van der Waals surface area contributed by atoms with E-state index >= 15 is 0 Å². The van der Waals surface area contributed by atoms with E-state index in [1.165, 1.54) is 4.31 Å². The van der Waals surface area contributed by atoms with Crippen molar-refractivity contribution in [2.75, 3.05) is 24.2 Å². The smallest absolute Gasteiger partial charge is 0.251 e. The molecule has 1 N–H and O–H groups in total. The van der Waals surface area contributed by atoms with E-state index in [1.54, 1.807) is 38.3 Å². The molecule has 0 bridgehead atoms. The molecular weight excluding hydrogens is 352 g/mol. The number of methoxy groups -OCH3 is 1. The van der Waals surface area contributed by atoms with Gasteiger partial charge in [-0.3, -0.25) is 9.10 Å². The van der Waals surface area contributed by atoms with Gasteiger partial charge in [0.15, 0.2) is 0 Å². The first-order chi connectivity index (χ1) is 12.3. The second kappa shape index (κ2) is 8.23. The standard InChI is InChI=1S/C19H24N2O4S/c1-5-21(26(4,23)24)17-10-6-16(7-11-17)19(22)20-14(2)15-8-12-18(25-3)13-9-15/h6-14H,5H2,1-4H3,(H,20,22)/t14-/m1/s1. The largest absolute Gasteiger partial charge is 0.497 e. The average molecular weight is 376 g/mol. The van der Waals surface area contributed by atoms with Gasteiger partial charge >= 0.3 is 0 Å². The Hall–Kier alpha value is -2.54. The number of ether oxygens (including phenoxy) is 1. The normalized spacial score (nSPS) is 12.3. The maximum atomic E-state index is 12.4. The Balaban J connectivity index is 2.09. The van der Waals surface area contributed by atoms with Gasteiger partial charge in [-0.05, 0) is 55.8 Å². The van der Waals surface area contributed by atoms with Crippen molar-refractivity contribution in [1.29, 1.82) is 0 Å². The van der Waals surface area contributed by atoms with Crippen LogP contribution in [0.4, 0.5) is 5.69 Å². The lowest BCUT2D eigenvalue weighted by atomic mass is 10.1. The molecule has 1 atom stereocenters. The summed E-state index contributed by atoms with van der Waals surface area (Å²) in [7, 11) is -1.73. The minimum atomic E-state index is -3.34. The molecule has 0 unspecified atom stereocenters. The lowest BCUT2D eigenvalue weighted by molar-refractivity contribution is 0.0940. The van der Waals surface area contributed by atoms with Crippen molar-refractivity contribution >= 4 is 21.6 Å². The molecule has 0 fully saturated rings. The molecule has 140 valence electrons. The van der Waals surface area contributed by atoms with E-state index in [0.717, 1.165) is 17.6 Å². The number of benzene rings is 2. The zero-order valence-corrected chi connectivity index (χ0v) is 16.2. The highest BCUT2D eigenvalue weighted by Crippen LogP contribution is 2.20. The van der Waals surface area contributed by atoms with Gasteiger partial charge in [-0.25, -0.2) is 8.42 Å². The predicted octanol–water partition coefficient (Wildman–Crippen LogP) is 2.97. The van der Waals surface area contributed by atoms with Crippen LogP contribution in [0.15, 0.2) is 48.5 Å². The molecular formula is C19H24N2O4S. The van der Waals surface area contributed by atoms with Gasteiger partial charge in [-0.2, -0.15) is 0 Å². The lowest BCUT2D eigenvalue weighted by Crippen LogP contribution is -2.29. The van der Waals surface area contributed by atoms with Crippen molar-refractivity contribution in [2.45, 2.75) is 19.9 Å². The van der Waals surface area contributed by atoms with Crippen LogP contribution in [0.2, 0.25) is 0 Å². The van der Waals surface area contributed by atoms with Gasteiger partial charge in [0.25, 0.3) is 5.91 Å². The third-order valence-electron chi connectivity index (χ3n) is 4.07. The summed E-state index contributed by atoms with van der Waals surface area (Å²) in [4.78, 5) is 12.4. The zero-order chi connectivity index (χ0) is 19.3. The molecule has 0 aliphatic heterocycles. The second-order valence-corrected chi connectivity index (χ2v) is 7.85. The number of anilines is 1. The van der Waals surface area contributed by atoms with Crippen molar-refractivity contribution in [3.05, 3.63) is 59.7 Å². The SMILES string of the molecule is CCN(c1ccc(C(=O)N[C@H](C)c2ccc(OC)cc2)cc1)S(C)(=O)=O. The van der Waals surface area contributed by atoms with Crippen molar-refractivity contribution in [2.24, 2.45) is 0 Å². The quantitative estimate of drug-likeness (QED) is 0.806. The highest BCUT2D eigenvalue weighted by Gasteiger charge is 2.16. The lowest BCUT2D eigenvalue weighted by Gasteiger charge is -2.20. The number of rotatable bonds is 7. The van der Waals surface area contributed by atoms with Crippen molar-refractivity contribution in [1.82, 2.24) is 5.32 Å². The summed E-state index contributed by atoms with van der Waals surface area (Å²) in [5.41, 5.74) is 1.97. The topological polar surface area (TPSA) is 75.7 Å². The summed E-state index contributed by atoms with van der Waals surface area (Å²) in [5, 5.41) is 2.93. The van der Waals surface area contributed by atoms with Crippen LogP contribution in [-0.2, 0) is 10.0 Å². The van der Waals surface area contributed by atoms with Crippen molar-refractivity contribution in [3.63, 3.8) is 0 Å². The second-order valence-electron chi connectivity index (χ2n) is 5.94. The molecule has 7 heteroatoms. The van der Waals surface area contributed by atoms with E-state index in [9.17, 15) is 13.2 Å². The monoisotopic (exact) mass is 376 g/mol. The first-order valence-corrected chi connectivity index (χ1v) is 10.1. The van der Waals surface area contributed by atoms with Crippen LogP contribution >= 0.6 is 0 Å². The number of carbonyl (C=O) groups is 1. The van der Waals surface area contributed by atoms with Crippen LogP contribution in [0.5, 0.6) is 5.75 Å². The molecule has 0 aliphatic rings. The summed E-state index contributed by atoms with van der Waals surface area (Å²) >= 11 is 0. The molecule has 2 aromatic rings. The van der Waals surface area contributed by atoms with E-state index in [0.29, 0.717) is 17.8 Å². The van der Waals surface area contributed by atoms with Gasteiger partial charge in [0.05, 0.1) is 25.1 Å². The Morgan fingerprint density at radius 1 is 1.12 bits per heavy atom. The Labute approximate surface area is 154 Å². The number of sulfonamides is 1. The molecule has 1 amide bonds. The maximum absolute atomic E-state index is 12.4. The summed E-state index contributed by atoms with van der Waals surface area (Å²) in [5.74, 6) is 0.538. The van der Waals surface area contributed by atoms with E-state index in [-0.39, 0.29) is 11.9 Å². The first kappa shape index (κ1) is 19.8. The van der Waals surface area contributed by atoms with Crippen LogP contribution in [-0.4, -0.2) is 34.2 Å².